The van der Waals surface area contributed by atoms with Crippen molar-refractivity contribution in [2.45, 2.75) is 52.9 Å². The van der Waals surface area contributed by atoms with E-state index >= 15 is 0 Å². The van der Waals surface area contributed by atoms with Gasteiger partial charge in [0.05, 0.1) is 0 Å². The van der Waals surface area contributed by atoms with Crippen molar-refractivity contribution < 1.29 is 0 Å². The number of hydrogen-bond acceptors (Lipinski definition) is 1. The Hall–Kier alpha value is -0.820. The van der Waals surface area contributed by atoms with Gasteiger partial charge in [-0.2, -0.15) is 0 Å². The highest BCUT2D eigenvalue weighted by Gasteiger charge is 2.20. The fraction of sp³-hybridized carbons (Fsp3) is 0.500. The summed E-state index contributed by atoms with van der Waals surface area (Å²) in [6.07, 6.45) is 10.5. The molecule has 0 saturated carbocycles. The molecule has 0 aromatic carbocycles. The summed E-state index contributed by atoms with van der Waals surface area (Å²) in [6.45, 7) is 9.11. The zero-order chi connectivity index (χ0) is 12.4. The van der Waals surface area contributed by atoms with E-state index in [4.69, 9.17) is 0 Å². The molecule has 0 saturated heterocycles. The van der Waals surface area contributed by atoms with Crippen molar-refractivity contribution in [3.05, 3.63) is 44.7 Å². The van der Waals surface area contributed by atoms with Crippen molar-refractivity contribution in [3.63, 3.8) is 0 Å². The smallest absolute Gasteiger partial charge is 0.00580 e. The van der Waals surface area contributed by atoms with E-state index in [1.54, 1.807) is 16.7 Å². The fourth-order valence-corrected chi connectivity index (χ4v) is 3.89. The highest BCUT2D eigenvalue weighted by molar-refractivity contribution is 7.12. The summed E-state index contributed by atoms with van der Waals surface area (Å²) in [5.41, 5.74) is 4.78. The monoisotopic (exact) mass is 246 g/mol. The van der Waals surface area contributed by atoms with Crippen molar-refractivity contribution >= 4 is 11.3 Å². The Bertz CT molecular complexity index is 460. The maximum absolute atomic E-state index is 2.38. The lowest BCUT2D eigenvalue weighted by molar-refractivity contribution is 0.786. The third kappa shape index (κ3) is 2.40. The van der Waals surface area contributed by atoms with Gasteiger partial charge in [0.25, 0.3) is 0 Å². The maximum atomic E-state index is 2.38. The lowest BCUT2D eigenvalue weighted by Gasteiger charge is -2.17. The number of aryl methyl sites for hydroxylation is 2. The van der Waals surface area contributed by atoms with Gasteiger partial charge in [-0.15, -0.1) is 11.3 Å². The Morgan fingerprint density at radius 1 is 1.24 bits per heavy atom. The summed E-state index contributed by atoms with van der Waals surface area (Å²) < 4.78 is 0. The second-order valence-electron chi connectivity index (χ2n) is 4.86. The first kappa shape index (κ1) is 12.6. The molecule has 1 aliphatic carbocycles. The normalized spacial score (nSPS) is 24.5. The van der Waals surface area contributed by atoms with Gasteiger partial charge in [-0.3, -0.25) is 0 Å². The van der Waals surface area contributed by atoms with Crippen LogP contribution in [0.3, 0.4) is 0 Å². The first-order valence-corrected chi connectivity index (χ1v) is 7.44. The second kappa shape index (κ2) is 5.22. The van der Waals surface area contributed by atoms with Gasteiger partial charge in [0.15, 0.2) is 0 Å². The van der Waals surface area contributed by atoms with Crippen LogP contribution in [-0.4, -0.2) is 0 Å². The number of fused-ring (bicyclic) bond motifs is 1. The van der Waals surface area contributed by atoms with E-state index in [0.717, 1.165) is 12.8 Å². The molecule has 0 nitrogen and oxygen atoms in total. The largest absolute Gasteiger partial charge is 0.145 e. The van der Waals surface area contributed by atoms with Crippen molar-refractivity contribution in [1.29, 1.82) is 0 Å². The van der Waals surface area contributed by atoms with E-state index in [1.807, 2.05) is 11.3 Å². The summed E-state index contributed by atoms with van der Waals surface area (Å²) >= 11 is 1.97. The number of rotatable bonds is 2. The Kier molecular flexibility index (Phi) is 3.88. The molecule has 1 heteroatoms. The predicted octanol–water partition coefficient (Wildman–Crippen LogP) is 5.31. The van der Waals surface area contributed by atoms with Crippen LogP contribution in [-0.2, 0) is 6.42 Å². The van der Waals surface area contributed by atoms with Crippen LogP contribution in [0, 0.1) is 13.8 Å². The van der Waals surface area contributed by atoms with E-state index in [9.17, 15) is 0 Å². The molecular formula is C16H22S. The molecule has 0 amide bonds. The molecule has 0 fully saturated rings. The summed E-state index contributed by atoms with van der Waals surface area (Å²) in [4.78, 5) is 3.04. The molecule has 1 atom stereocenters. The van der Waals surface area contributed by atoms with Gasteiger partial charge >= 0.3 is 0 Å². The molecule has 1 aromatic heterocycles. The minimum Gasteiger partial charge on any atom is -0.145 e. The van der Waals surface area contributed by atoms with Crippen LogP contribution in [0.4, 0.5) is 0 Å². The van der Waals surface area contributed by atoms with Crippen LogP contribution in [0.2, 0.25) is 0 Å². The quantitative estimate of drug-likeness (QED) is 0.663. The standard InChI is InChI=1S/C16H22S/c1-5-13-8-7-9-14(6-2)16-12(4)17-11(3)15(16)10-13/h7-9,14H,5-6,10H2,1-4H3/b9-7-,13-8-/t14-/m0/s1. The van der Waals surface area contributed by atoms with Gasteiger partial charge in [0.2, 0.25) is 0 Å². The van der Waals surface area contributed by atoms with Gasteiger partial charge in [-0.25, -0.2) is 0 Å². The van der Waals surface area contributed by atoms with Crippen LogP contribution >= 0.6 is 11.3 Å². The summed E-state index contributed by atoms with van der Waals surface area (Å²) in [5.74, 6) is 0.615. The summed E-state index contributed by atoms with van der Waals surface area (Å²) in [7, 11) is 0. The van der Waals surface area contributed by atoms with Crippen molar-refractivity contribution in [2.24, 2.45) is 0 Å². The Morgan fingerprint density at radius 3 is 2.65 bits per heavy atom. The lowest BCUT2D eigenvalue weighted by Crippen LogP contribution is -2.02. The molecule has 17 heavy (non-hydrogen) atoms. The van der Waals surface area contributed by atoms with Gasteiger partial charge in [-0.05, 0) is 44.2 Å². The molecule has 0 aliphatic heterocycles. The molecule has 92 valence electrons. The van der Waals surface area contributed by atoms with Crippen LogP contribution in [0.15, 0.2) is 23.8 Å². The van der Waals surface area contributed by atoms with E-state index in [1.165, 1.54) is 16.2 Å². The Morgan fingerprint density at radius 2 is 2.00 bits per heavy atom. The molecular weight excluding hydrogens is 224 g/mol. The average Bonchev–Trinajstić information content (AvgIpc) is 2.54. The highest BCUT2D eigenvalue weighted by Crippen LogP contribution is 2.38. The number of hydrogen-bond donors (Lipinski definition) is 0. The molecule has 0 bridgehead atoms. The first-order chi connectivity index (χ1) is 8.17. The topological polar surface area (TPSA) is 0 Å². The predicted molar refractivity (Wildman–Crippen MR) is 78.0 cm³/mol. The number of allylic oxidation sites excluding steroid dienone is 4. The number of thiophene rings is 1. The van der Waals surface area contributed by atoms with Crippen molar-refractivity contribution in [1.82, 2.24) is 0 Å². The first-order valence-electron chi connectivity index (χ1n) is 6.62. The molecule has 0 N–H and O–H groups in total. The molecule has 0 radical (unpaired) electrons. The SMILES string of the molecule is CC/C1=C/C=C\[C@H](CC)c2c(C)sc(C)c2C1. The van der Waals surface area contributed by atoms with E-state index in [0.29, 0.717) is 5.92 Å². The molecule has 1 aliphatic rings. The highest BCUT2D eigenvalue weighted by atomic mass is 32.1. The molecule has 2 rings (SSSR count). The van der Waals surface area contributed by atoms with Gasteiger partial charge < -0.3 is 0 Å². The van der Waals surface area contributed by atoms with Gasteiger partial charge in [0, 0.05) is 15.7 Å². The fourth-order valence-electron chi connectivity index (χ4n) is 2.74. The lowest BCUT2D eigenvalue weighted by atomic mass is 9.87. The average molecular weight is 246 g/mol. The third-order valence-electron chi connectivity index (χ3n) is 3.78. The molecule has 0 spiro atoms. The zero-order valence-electron chi connectivity index (χ0n) is 11.3. The van der Waals surface area contributed by atoms with Crippen LogP contribution < -0.4 is 0 Å². The van der Waals surface area contributed by atoms with E-state index in [2.05, 4.69) is 45.9 Å². The minimum atomic E-state index is 0.615. The van der Waals surface area contributed by atoms with Crippen LogP contribution in [0.5, 0.6) is 0 Å². The van der Waals surface area contributed by atoms with E-state index < -0.39 is 0 Å². The second-order valence-corrected chi connectivity index (χ2v) is 6.29. The zero-order valence-corrected chi connectivity index (χ0v) is 12.2. The van der Waals surface area contributed by atoms with Crippen molar-refractivity contribution in [2.75, 3.05) is 0 Å². The molecule has 1 aromatic rings. The molecule has 1 heterocycles. The molecule has 0 unspecified atom stereocenters. The summed E-state index contributed by atoms with van der Waals surface area (Å²) in [5, 5.41) is 0. The van der Waals surface area contributed by atoms with Gasteiger partial charge in [-0.1, -0.05) is 37.6 Å². The van der Waals surface area contributed by atoms with Gasteiger partial charge in [0.1, 0.15) is 0 Å². The third-order valence-corrected chi connectivity index (χ3v) is 4.86. The van der Waals surface area contributed by atoms with Crippen molar-refractivity contribution in [3.8, 4) is 0 Å². The minimum absolute atomic E-state index is 0.615. The Labute approximate surface area is 109 Å². The van der Waals surface area contributed by atoms with E-state index in [-0.39, 0.29) is 0 Å². The Balaban J connectivity index is 2.54. The maximum Gasteiger partial charge on any atom is 0.00580 e. The van der Waals surface area contributed by atoms with Crippen LogP contribution in [0.1, 0.15) is 53.5 Å². The van der Waals surface area contributed by atoms with Crippen LogP contribution in [0.25, 0.3) is 0 Å². The summed E-state index contributed by atoms with van der Waals surface area (Å²) in [6, 6.07) is 0.